The van der Waals surface area contributed by atoms with Crippen molar-refractivity contribution in [2.24, 2.45) is 0 Å². The average molecular weight is 319 g/mol. The van der Waals surface area contributed by atoms with Gasteiger partial charge in [0.2, 0.25) is 0 Å². The fourth-order valence-corrected chi connectivity index (χ4v) is 2.88. The van der Waals surface area contributed by atoms with Crippen LogP contribution in [0.3, 0.4) is 0 Å². The quantitative estimate of drug-likeness (QED) is 0.566. The van der Waals surface area contributed by atoms with Crippen LogP contribution in [-0.4, -0.2) is 6.61 Å². The molecule has 3 rings (SSSR count). The molecule has 0 saturated heterocycles. The maximum absolute atomic E-state index is 13.5. The molecule has 0 aliphatic rings. The summed E-state index contributed by atoms with van der Waals surface area (Å²) in [5.74, 6) is -0.292. The second kappa shape index (κ2) is 7.61. The fraction of sp³-hybridized carbons (Fsp3) is 0.190. The van der Waals surface area contributed by atoms with Crippen LogP contribution in [0.25, 0.3) is 10.8 Å². The molecule has 0 radical (unpaired) electrons. The van der Waals surface area contributed by atoms with Crippen LogP contribution in [0.2, 0.25) is 0 Å². The van der Waals surface area contributed by atoms with Gasteiger partial charge < -0.3 is 4.74 Å². The van der Waals surface area contributed by atoms with Gasteiger partial charge in [0.1, 0.15) is 0 Å². The van der Waals surface area contributed by atoms with E-state index in [1.807, 2.05) is 30.3 Å². The highest BCUT2D eigenvalue weighted by atomic mass is 19.1. The molecule has 0 N–H and O–H groups in total. The second-order valence-electron chi connectivity index (χ2n) is 5.67. The van der Waals surface area contributed by atoms with Crippen molar-refractivity contribution in [1.82, 2.24) is 0 Å². The summed E-state index contributed by atoms with van der Waals surface area (Å²) in [5.41, 5.74) is 1.04. The number of rotatable bonds is 6. The Morgan fingerprint density at radius 3 is 2.54 bits per heavy atom. The third-order valence-electron chi connectivity index (χ3n) is 4.09. The van der Waals surface area contributed by atoms with Crippen molar-refractivity contribution >= 4 is 10.8 Å². The van der Waals surface area contributed by atoms with Crippen molar-refractivity contribution in [2.75, 3.05) is 6.61 Å². The SMILES string of the molecule is N#CC(CCCOc1ccccc1F)c1cccc2ccccc12. The van der Waals surface area contributed by atoms with E-state index >= 15 is 0 Å². The average Bonchev–Trinajstić information content (AvgIpc) is 2.63. The number of hydrogen-bond acceptors (Lipinski definition) is 2. The predicted molar refractivity (Wildman–Crippen MR) is 93.4 cm³/mol. The molecule has 0 saturated carbocycles. The molecule has 0 aliphatic heterocycles. The molecule has 0 spiro atoms. The highest BCUT2D eigenvalue weighted by Gasteiger charge is 2.13. The van der Waals surface area contributed by atoms with Crippen LogP contribution in [0.4, 0.5) is 4.39 Å². The van der Waals surface area contributed by atoms with Crippen LogP contribution >= 0.6 is 0 Å². The molecule has 24 heavy (non-hydrogen) atoms. The van der Waals surface area contributed by atoms with Gasteiger partial charge in [-0.2, -0.15) is 5.26 Å². The van der Waals surface area contributed by atoms with Gasteiger partial charge >= 0.3 is 0 Å². The maximum atomic E-state index is 13.5. The van der Waals surface area contributed by atoms with Gasteiger partial charge in [-0.3, -0.25) is 0 Å². The van der Waals surface area contributed by atoms with E-state index in [0.717, 1.165) is 16.3 Å². The van der Waals surface area contributed by atoms with E-state index in [4.69, 9.17) is 4.74 Å². The van der Waals surface area contributed by atoms with E-state index in [2.05, 4.69) is 18.2 Å². The maximum Gasteiger partial charge on any atom is 0.165 e. The zero-order chi connectivity index (χ0) is 16.8. The van der Waals surface area contributed by atoms with Crippen LogP contribution in [0.5, 0.6) is 5.75 Å². The summed E-state index contributed by atoms with van der Waals surface area (Å²) in [6.07, 6.45) is 1.37. The lowest BCUT2D eigenvalue weighted by Crippen LogP contribution is -2.03. The van der Waals surface area contributed by atoms with Gasteiger partial charge in [0, 0.05) is 0 Å². The van der Waals surface area contributed by atoms with Gasteiger partial charge in [0.05, 0.1) is 18.6 Å². The standard InChI is InChI=1S/C21H18FNO/c22-20-12-3-4-13-21(20)24-14-6-9-17(15-23)19-11-5-8-16-7-1-2-10-18(16)19/h1-5,7-8,10-13,17H,6,9,14H2. The van der Waals surface area contributed by atoms with Crippen molar-refractivity contribution in [3.05, 3.63) is 78.1 Å². The first kappa shape index (κ1) is 16.0. The minimum absolute atomic E-state index is 0.194. The summed E-state index contributed by atoms with van der Waals surface area (Å²) in [4.78, 5) is 0. The highest BCUT2D eigenvalue weighted by molar-refractivity contribution is 5.86. The Morgan fingerprint density at radius 2 is 1.71 bits per heavy atom. The van der Waals surface area contributed by atoms with E-state index in [1.165, 1.54) is 6.07 Å². The van der Waals surface area contributed by atoms with Gasteiger partial charge in [-0.05, 0) is 41.3 Å². The Hall–Kier alpha value is -2.86. The number of para-hydroxylation sites is 1. The van der Waals surface area contributed by atoms with Crippen molar-refractivity contribution in [2.45, 2.75) is 18.8 Å². The molecule has 2 nitrogen and oxygen atoms in total. The molecule has 1 atom stereocenters. The lowest BCUT2D eigenvalue weighted by Gasteiger charge is -2.13. The number of nitriles is 1. The summed E-state index contributed by atoms with van der Waals surface area (Å²) in [7, 11) is 0. The van der Waals surface area contributed by atoms with E-state index in [-0.39, 0.29) is 17.5 Å². The third kappa shape index (κ3) is 3.55. The van der Waals surface area contributed by atoms with Crippen molar-refractivity contribution < 1.29 is 9.13 Å². The second-order valence-corrected chi connectivity index (χ2v) is 5.67. The molecule has 3 heteroatoms. The lowest BCUT2D eigenvalue weighted by atomic mass is 9.91. The summed E-state index contributed by atoms with van der Waals surface area (Å²) < 4.78 is 19.0. The van der Waals surface area contributed by atoms with Crippen LogP contribution in [0.15, 0.2) is 66.7 Å². The van der Waals surface area contributed by atoms with Crippen LogP contribution < -0.4 is 4.74 Å². The Labute approximate surface area is 141 Å². The molecule has 120 valence electrons. The monoisotopic (exact) mass is 319 g/mol. The van der Waals surface area contributed by atoms with Crippen molar-refractivity contribution in [1.29, 1.82) is 5.26 Å². The third-order valence-corrected chi connectivity index (χ3v) is 4.09. The molecule has 0 bridgehead atoms. The molecule has 0 heterocycles. The molecule has 0 aliphatic carbocycles. The number of halogens is 1. The minimum Gasteiger partial charge on any atom is -0.491 e. The molecule has 3 aromatic rings. The van der Waals surface area contributed by atoms with Crippen molar-refractivity contribution in [3.8, 4) is 11.8 Å². The predicted octanol–water partition coefficient (Wildman–Crippen LogP) is 5.45. The number of benzene rings is 3. The number of fused-ring (bicyclic) bond motifs is 1. The Kier molecular flexibility index (Phi) is 5.08. The summed E-state index contributed by atoms with van der Waals surface area (Å²) in [6.45, 7) is 0.393. The molecular weight excluding hydrogens is 301 g/mol. The van der Waals surface area contributed by atoms with Crippen LogP contribution in [0.1, 0.15) is 24.3 Å². The smallest absolute Gasteiger partial charge is 0.165 e. The van der Waals surface area contributed by atoms with Crippen molar-refractivity contribution in [3.63, 3.8) is 0 Å². The van der Waals surface area contributed by atoms with E-state index < -0.39 is 0 Å². The first-order valence-corrected chi connectivity index (χ1v) is 8.04. The summed E-state index contributed by atoms with van der Waals surface area (Å²) in [6, 6.07) is 22.9. The number of hydrogen-bond donors (Lipinski definition) is 0. The van der Waals surface area contributed by atoms with Gasteiger partial charge in [0.25, 0.3) is 0 Å². The molecular formula is C21H18FNO. The zero-order valence-electron chi connectivity index (χ0n) is 13.3. The molecule has 1 unspecified atom stereocenters. The molecule has 0 aromatic heterocycles. The normalized spacial score (nSPS) is 11.8. The Morgan fingerprint density at radius 1 is 0.958 bits per heavy atom. The minimum atomic E-state index is -0.358. The Balaban J connectivity index is 1.65. The van der Waals surface area contributed by atoms with Crippen LogP contribution in [0, 0.1) is 17.1 Å². The van der Waals surface area contributed by atoms with Gasteiger partial charge in [-0.15, -0.1) is 0 Å². The van der Waals surface area contributed by atoms with Gasteiger partial charge in [-0.1, -0.05) is 54.6 Å². The Bertz CT molecular complexity index is 864. The number of nitrogens with zero attached hydrogens (tertiary/aromatic N) is 1. The van der Waals surface area contributed by atoms with E-state index in [1.54, 1.807) is 18.2 Å². The first-order valence-electron chi connectivity index (χ1n) is 8.04. The van der Waals surface area contributed by atoms with Gasteiger partial charge in [-0.25, -0.2) is 4.39 Å². The largest absolute Gasteiger partial charge is 0.491 e. The topological polar surface area (TPSA) is 33.0 Å². The highest BCUT2D eigenvalue weighted by Crippen LogP contribution is 2.28. The molecule has 3 aromatic carbocycles. The zero-order valence-corrected chi connectivity index (χ0v) is 13.3. The van der Waals surface area contributed by atoms with Gasteiger partial charge in [0.15, 0.2) is 11.6 Å². The first-order chi connectivity index (χ1) is 11.8. The van der Waals surface area contributed by atoms with E-state index in [9.17, 15) is 9.65 Å². The lowest BCUT2D eigenvalue weighted by molar-refractivity contribution is 0.290. The van der Waals surface area contributed by atoms with E-state index in [0.29, 0.717) is 19.4 Å². The fourth-order valence-electron chi connectivity index (χ4n) is 2.88. The summed E-state index contributed by atoms with van der Waals surface area (Å²) >= 11 is 0. The molecule has 0 fully saturated rings. The number of ether oxygens (including phenoxy) is 1. The summed E-state index contributed by atoms with van der Waals surface area (Å²) in [5, 5.41) is 11.8. The molecule has 0 amide bonds. The van der Waals surface area contributed by atoms with Crippen LogP contribution in [-0.2, 0) is 0 Å².